The summed E-state index contributed by atoms with van der Waals surface area (Å²) in [5, 5.41) is 2.43. The van der Waals surface area contributed by atoms with Crippen molar-refractivity contribution in [2.75, 3.05) is 39.3 Å². The summed E-state index contributed by atoms with van der Waals surface area (Å²) in [5.41, 5.74) is 0.216. The molecule has 1 saturated heterocycles. The van der Waals surface area contributed by atoms with Crippen LogP contribution in [0.4, 0.5) is 0 Å². The van der Waals surface area contributed by atoms with Gasteiger partial charge in [0.25, 0.3) is 11.8 Å². The average molecular weight is 468 g/mol. The van der Waals surface area contributed by atoms with Gasteiger partial charge in [-0.3, -0.25) is 14.4 Å². The molecule has 2 amide bonds. The zero-order valence-corrected chi connectivity index (χ0v) is 19.7. The molecule has 2 rings (SSSR count). The van der Waals surface area contributed by atoms with Gasteiger partial charge in [0.05, 0.1) is 4.90 Å². The molecule has 178 valence electrons. The summed E-state index contributed by atoms with van der Waals surface area (Å²) >= 11 is 0. The molecule has 0 atom stereocenters. The summed E-state index contributed by atoms with van der Waals surface area (Å²) in [5.74, 6) is -1.47. The van der Waals surface area contributed by atoms with Gasteiger partial charge in [0, 0.05) is 31.7 Å². The lowest BCUT2D eigenvalue weighted by Crippen LogP contribution is -2.38. The van der Waals surface area contributed by atoms with E-state index in [1.807, 2.05) is 0 Å². The predicted octanol–water partition coefficient (Wildman–Crippen LogP) is 1.78. The first kappa shape index (κ1) is 25.8. The summed E-state index contributed by atoms with van der Waals surface area (Å²) in [7, 11) is -3.61. The molecule has 0 saturated carbocycles. The standard InChI is InChI=1S/C22H33N3O6S/c1-3-25(4-2)32(29,30)19-12-10-18(11-13-19)22(28)23-16-21(27)31-17-20(26)24-14-8-6-5-7-9-15-24/h10-13H,3-9,14-17H2,1-2H3,(H,23,28). The van der Waals surface area contributed by atoms with Crippen molar-refractivity contribution >= 4 is 27.8 Å². The number of ether oxygens (including phenoxy) is 1. The second kappa shape index (κ2) is 12.5. The van der Waals surface area contributed by atoms with Crippen LogP contribution in [0.3, 0.4) is 0 Å². The molecule has 0 spiro atoms. The number of benzene rings is 1. The van der Waals surface area contributed by atoms with Gasteiger partial charge < -0.3 is 15.0 Å². The van der Waals surface area contributed by atoms with Gasteiger partial charge in [-0.15, -0.1) is 0 Å². The lowest BCUT2D eigenvalue weighted by atomic mass is 10.1. The maximum absolute atomic E-state index is 12.5. The normalized spacial score (nSPS) is 15.0. The number of likely N-dealkylation sites (tertiary alicyclic amines) is 1. The molecule has 1 heterocycles. The summed E-state index contributed by atoms with van der Waals surface area (Å²) in [6.45, 7) is 4.83. The molecule has 1 aromatic rings. The van der Waals surface area contributed by atoms with Gasteiger partial charge in [0.2, 0.25) is 10.0 Å². The number of nitrogens with zero attached hydrogens (tertiary/aromatic N) is 2. The monoisotopic (exact) mass is 467 g/mol. The van der Waals surface area contributed by atoms with Crippen molar-refractivity contribution in [3.63, 3.8) is 0 Å². The maximum Gasteiger partial charge on any atom is 0.325 e. The number of sulfonamides is 1. The van der Waals surface area contributed by atoms with Crippen LogP contribution in [0.2, 0.25) is 0 Å². The molecule has 0 unspecified atom stereocenters. The zero-order valence-electron chi connectivity index (χ0n) is 18.8. The molecule has 32 heavy (non-hydrogen) atoms. The molecule has 1 aliphatic rings. The van der Waals surface area contributed by atoms with Crippen molar-refractivity contribution < 1.29 is 27.5 Å². The van der Waals surface area contributed by atoms with Crippen LogP contribution in [0.5, 0.6) is 0 Å². The predicted molar refractivity (Wildman–Crippen MR) is 120 cm³/mol. The second-order valence-electron chi connectivity index (χ2n) is 7.61. The Morgan fingerprint density at radius 2 is 1.53 bits per heavy atom. The Morgan fingerprint density at radius 1 is 0.969 bits per heavy atom. The van der Waals surface area contributed by atoms with E-state index in [2.05, 4.69) is 5.32 Å². The highest BCUT2D eigenvalue weighted by Gasteiger charge is 2.22. The van der Waals surface area contributed by atoms with Gasteiger partial charge in [0.15, 0.2) is 6.61 Å². The zero-order chi connectivity index (χ0) is 23.6. The Kier molecular flexibility index (Phi) is 10.1. The van der Waals surface area contributed by atoms with Gasteiger partial charge in [0.1, 0.15) is 6.54 Å². The first-order chi connectivity index (χ1) is 15.3. The van der Waals surface area contributed by atoms with Crippen LogP contribution in [0.25, 0.3) is 0 Å². The molecule has 1 fully saturated rings. The molecule has 1 aromatic carbocycles. The fraction of sp³-hybridized carbons (Fsp3) is 0.591. The largest absolute Gasteiger partial charge is 0.454 e. The first-order valence-corrected chi connectivity index (χ1v) is 12.6. The van der Waals surface area contributed by atoms with E-state index in [1.54, 1.807) is 18.7 Å². The second-order valence-corrected chi connectivity index (χ2v) is 9.54. The number of hydrogen-bond acceptors (Lipinski definition) is 6. The Labute approximate surface area is 190 Å². The van der Waals surface area contributed by atoms with Crippen LogP contribution in [0.15, 0.2) is 29.2 Å². The minimum absolute atomic E-state index is 0.0971. The lowest BCUT2D eigenvalue weighted by Gasteiger charge is -2.24. The quantitative estimate of drug-likeness (QED) is 0.554. The maximum atomic E-state index is 12.5. The van der Waals surface area contributed by atoms with E-state index in [1.165, 1.54) is 35.0 Å². The van der Waals surface area contributed by atoms with Crippen molar-refractivity contribution in [2.24, 2.45) is 0 Å². The van der Waals surface area contributed by atoms with E-state index < -0.39 is 21.9 Å². The summed E-state index contributed by atoms with van der Waals surface area (Å²) < 4.78 is 31.3. The smallest absolute Gasteiger partial charge is 0.325 e. The van der Waals surface area contributed by atoms with Crippen LogP contribution < -0.4 is 5.32 Å². The minimum Gasteiger partial charge on any atom is -0.454 e. The third-order valence-corrected chi connectivity index (χ3v) is 7.48. The molecule has 10 heteroatoms. The summed E-state index contributed by atoms with van der Waals surface area (Å²) in [6, 6.07) is 5.51. The Balaban J connectivity index is 1.81. The highest BCUT2D eigenvalue weighted by atomic mass is 32.2. The average Bonchev–Trinajstić information content (AvgIpc) is 2.76. The van der Waals surface area contributed by atoms with Crippen LogP contribution in [0, 0.1) is 0 Å². The molecule has 0 radical (unpaired) electrons. The molecule has 9 nitrogen and oxygen atoms in total. The van der Waals surface area contributed by atoms with Gasteiger partial charge in [-0.05, 0) is 37.1 Å². The molecular formula is C22H33N3O6S. The van der Waals surface area contributed by atoms with E-state index in [4.69, 9.17) is 4.74 Å². The van der Waals surface area contributed by atoms with E-state index in [-0.39, 0.29) is 29.5 Å². The van der Waals surface area contributed by atoms with E-state index >= 15 is 0 Å². The van der Waals surface area contributed by atoms with Crippen LogP contribution in [-0.4, -0.2) is 74.7 Å². The third kappa shape index (κ3) is 7.30. The number of nitrogens with one attached hydrogen (secondary N) is 1. The van der Waals surface area contributed by atoms with E-state index in [9.17, 15) is 22.8 Å². The molecule has 0 bridgehead atoms. The topological polar surface area (TPSA) is 113 Å². The van der Waals surface area contributed by atoms with Crippen LogP contribution >= 0.6 is 0 Å². The van der Waals surface area contributed by atoms with Gasteiger partial charge >= 0.3 is 5.97 Å². The van der Waals surface area contributed by atoms with Gasteiger partial charge in [-0.2, -0.15) is 4.31 Å². The summed E-state index contributed by atoms with van der Waals surface area (Å²) in [6.07, 6.45) is 5.27. The van der Waals surface area contributed by atoms with Gasteiger partial charge in [-0.25, -0.2) is 8.42 Å². The van der Waals surface area contributed by atoms with Crippen molar-refractivity contribution in [3.8, 4) is 0 Å². The molecule has 0 aliphatic carbocycles. The number of amides is 2. The number of esters is 1. The molecule has 1 N–H and O–H groups in total. The Morgan fingerprint density at radius 3 is 2.09 bits per heavy atom. The molecule has 1 aliphatic heterocycles. The van der Waals surface area contributed by atoms with Crippen molar-refractivity contribution in [1.82, 2.24) is 14.5 Å². The number of carbonyl (C=O) groups excluding carboxylic acids is 3. The highest BCUT2D eigenvalue weighted by molar-refractivity contribution is 7.89. The lowest BCUT2D eigenvalue weighted by molar-refractivity contribution is -0.151. The molecule has 0 aromatic heterocycles. The van der Waals surface area contributed by atoms with Crippen molar-refractivity contribution in [2.45, 2.75) is 50.8 Å². The van der Waals surface area contributed by atoms with Crippen molar-refractivity contribution in [1.29, 1.82) is 0 Å². The SMILES string of the molecule is CCN(CC)S(=O)(=O)c1ccc(C(=O)NCC(=O)OCC(=O)N2CCCCCCC2)cc1. The fourth-order valence-corrected chi connectivity index (χ4v) is 4.98. The number of hydrogen-bond donors (Lipinski definition) is 1. The van der Waals surface area contributed by atoms with Gasteiger partial charge in [-0.1, -0.05) is 33.1 Å². The summed E-state index contributed by atoms with van der Waals surface area (Å²) in [4.78, 5) is 38.2. The fourth-order valence-electron chi connectivity index (χ4n) is 3.53. The van der Waals surface area contributed by atoms with Crippen LogP contribution in [-0.2, 0) is 24.3 Å². The van der Waals surface area contributed by atoms with E-state index in [0.29, 0.717) is 26.2 Å². The third-order valence-electron chi connectivity index (χ3n) is 5.42. The van der Waals surface area contributed by atoms with Crippen molar-refractivity contribution in [3.05, 3.63) is 29.8 Å². The minimum atomic E-state index is -3.61. The molecular weight excluding hydrogens is 434 g/mol. The number of rotatable bonds is 9. The highest BCUT2D eigenvalue weighted by Crippen LogP contribution is 2.16. The first-order valence-electron chi connectivity index (χ1n) is 11.1. The van der Waals surface area contributed by atoms with E-state index in [0.717, 1.165) is 25.7 Å². The number of carbonyl (C=O) groups is 3. The van der Waals surface area contributed by atoms with Crippen LogP contribution in [0.1, 0.15) is 56.3 Å². The Bertz CT molecular complexity index is 873. The Hall–Kier alpha value is -2.46.